The highest BCUT2D eigenvalue weighted by atomic mass is 79.9. The Morgan fingerprint density at radius 3 is 2.72 bits per heavy atom. The van der Waals surface area contributed by atoms with Crippen LogP contribution in [0.2, 0.25) is 0 Å². The number of hydrogen-bond donors (Lipinski definition) is 2. The number of anilines is 1. The van der Waals surface area contributed by atoms with Crippen LogP contribution in [0.5, 0.6) is 0 Å². The smallest absolute Gasteiger partial charge is 0.238 e. The molecule has 3 nitrogen and oxygen atoms in total. The molecule has 2 N–H and O–H groups in total. The van der Waals surface area contributed by atoms with Gasteiger partial charge in [-0.25, -0.2) is 8.78 Å². The van der Waals surface area contributed by atoms with Gasteiger partial charge in [0.15, 0.2) is 0 Å². The predicted octanol–water partition coefficient (Wildman–Crippen LogP) is 2.67. The van der Waals surface area contributed by atoms with Crippen molar-refractivity contribution in [1.29, 1.82) is 0 Å². The number of amides is 1. The molecule has 0 atom stereocenters. The third-order valence-corrected chi connectivity index (χ3v) is 3.31. The highest BCUT2D eigenvalue weighted by Gasteiger charge is 2.20. The zero-order chi connectivity index (χ0) is 13.1. The van der Waals surface area contributed by atoms with Crippen molar-refractivity contribution in [3.8, 4) is 0 Å². The van der Waals surface area contributed by atoms with Gasteiger partial charge in [-0.3, -0.25) is 4.79 Å². The number of hydrogen-bond acceptors (Lipinski definition) is 2. The Bertz CT molecular complexity index is 464. The summed E-state index contributed by atoms with van der Waals surface area (Å²) >= 11 is 2.87. The molecule has 1 fully saturated rings. The normalized spacial score (nSPS) is 14.6. The van der Waals surface area contributed by atoms with E-state index in [0.717, 1.165) is 18.7 Å². The lowest BCUT2D eigenvalue weighted by molar-refractivity contribution is -0.115. The first-order chi connectivity index (χ1) is 8.56. The summed E-state index contributed by atoms with van der Waals surface area (Å²) in [5, 5.41) is 5.31. The first-order valence-corrected chi connectivity index (χ1v) is 6.50. The van der Waals surface area contributed by atoms with E-state index in [2.05, 4.69) is 26.6 Å². The highest BCUT2D eigenvalue weighted by molar-refractivity contribution is 9.10. The fourth-order valence-electron chi connectivity index (χ4n) is 1.52. The number of carbonyl (C=O) groups excluding carboxylic acids is 1. The molecule has 1 amide bonds. The Hall–Kier alpha value is -1.01. The SMILES string of the molecule is O=C(CNCC1CC1)Nc1cc(F)c(Br)cc1F. The van der Waals surface area contributed by atoms with E-state index in [-0.39, 0.29) is 22.6 Å². The molecule has 1 aliphatic carbocycles. The zero-order valence-corrected chi connectivity index (χ0v) is 11.2. The number of halogens is 3. The van der Waals surface area contributed by atoms with Crippen LogP contribution in [-0.2, 0) is 4.79 Å². The molecule has 1 aliphatic rings. The molecule has 18 heavy (non-hydrogen) atoms. The van der Waals surface area contributed by atoms with Crippen molar-refractivity contribution in [3.63, 3.8) is 0 Å². The van der Waals surface area contributed by atoms with E-state index in [4.69, 9.17) is 0 Å². The average molecular weight is 319 g/mol. The second-order valence-corrected chi connectivity index (χ2v) is 5.22. The Morgan fingerprint density at radius 2 is 2.06 bits per heavy atom. The highest BCUT2D eigenvalue weighted by Crippen LogP contribution is 2.27. The van der Waals surface area contributed by atoms with Crippen LogP contribution in [0.25, 0.3) is 0 Å². The molecule has 0 heterocycles. The minimum absolute atomic E-state index is 0.0323. The van der Waals surface area contributed by atoms with Gasteiger partial charge in [0.05, 0.1) is 16.7 Å². The summed E-state index contributed by atoms with van der Waals surface area (Å²) in [4.78, 5) is 11.5. The van der Waals surface area contributed by atoms with Crippen molar-refractivity contribution in [2.45, 2.75) is 12.8 Å². The van der Waals surface area contributed by atoms with Crippen LogP contribution in [0.15, 0.2) is 16.6 Å². The third-order valence-electron chi connectivity index (χ3n) is 2.70. The van der Waals surface area contributed by atoms with Crippen molar-refractivity contribution in [3.05, 3.63) is 28.2 Å². The Balaban J connectivity index is 1.87. The topological polar surface area (TPSA) is 41.1 Å². The van der Waals surface area contributed by atoms with Crippen molar-refractivity contribution < 1.29 is 13.6 Å². The first-order valence-electron chi connectivity index (χ1n) is 5.71. The molecular weight excluding hydrogens is 306 g/mol. The minimum Gasteiger partial charge on any atom is -0.322 e. The largest absolute Gasteiger partial charge is 0.322 e. The molecule has 0 unspecified atom stereocenters. The summed E-state index contributed by atoms with van der Waals surface area (Å²) in [6.07, 6.45) is 2.39. The van der Waals surface area contributed by atoms with Crippen LogP contribution in [0.1, 0.15) is 12.8 Å². The summed E-state index contributed by atoms with van der Waals surface area (Å²) in [7, 11) is 0. The van der Waals surface area contributed by atoms with Gasteiger partial charge in [0, 0.05) is 6.07 Å². The summed E-state index contributed by atoms with van der Waals surface area (Å²) in [5.74, 6) is -0.993. The lowest BCUT2D eigenvalue weighted by atomic mass is 10.3. The van der Waals surface area contributed by atoms with E-state index < -0.39 is 11.6 Å². The molecule has 0 bridgehead atoms. The van der Waals surface area contributed by atoms with Gasteiger partial charge >= 0.3 is 0 Å². The van der Waals surface area contributed by atoms with Gasteiger partial charge in [-0.2, -0.15) is 0 Å². The van der Waals surface area contributed by atoms with Gasteiger partial charge in [-0.05, 0) is 47.3 Å². The molecule has 0 aliphatic heterocycles. The van der Waals surface area contributed by atoms with Crippen molar-refractivity contribution in [2.75, 3.05) is 18.4 Å². The molecule has 0 spiro atoms. The van der Waals surface area contributed by atoms with Crippen LogP contribution in [0, 0.1) is 17.6 Å². The van der Waals surface area contributed by atoms with Crippen molar-refractivity contribution >= 4 is 27.5 Å². The standard InChI is InChI=1S/C12H13BrF2N2O/c13-8-3-10(15)11(4-9(8)14)17-12(18)6-16-5-7-1-2-7/h3-4,7,16H,1-2,5-6H2,(H,17,18). The van der Waals surface area contributed by atoms with E-state index in [1.807, 2.05) is 0 Å². The van der Waals surface area contributed by atoms with Gasteiger partial charge in [-0.15, -0.1) is 0 Å². The van der Waals surface area contributed by atoms with Crippen LogP contribution in [-0.4, -0.2) is 19.0 Å². The molecule has 0 saturated heterocycles. The quantitative estimate of drug-likeness (QED) is 0.819. The summed E-state index contributed by atoms with van der Waals surface area (Å²) in [6, 6.07) is 1.95. The van der Waals surface area contributed by atoms with Gasteiger partial charge < -0.3 is 10.6 Å². The number of benzene rings is 1. The van der Waals surface area contributed by atoms with Crippen LogP contribution < -0.4 is 10.6 Å². The Labute approximate surface area is 112 Å². The summed E-state index contributed by atoms with van der Waals surface area (Å²) in [5.41, 5.74) is -0.145. The molecule has 2 rings (SSSR count). The van der Waals surface area contributed by atoms with E-state index in [1.165, 1.54) is 12.8 Å². The number of rotatable bonds is 5. The number of carbonyl (C=O) groups is 1. The third kappa shape index (κ3) is 3.74. The van der Waals surface area contributed by atoms with E-state index in [1.54, 1.807) is 0 Å². The molecule has 0 aromatic heterocycles. The maximum Gasteiger partial charge on any atom is 0.238 e. The maximum atomic E-state index is 13.4. The van der Waals surface area contributed by atoms with Crippen LogP contribution in [0.4, 0.5) is 14.5 Å². The fourth-order valence-corrected chi connectivity index (χ4v) is 1.84. The number of nitrogens with one attached hydrogen (secondary N) is 2. The summed E-state index contributed by atoms with van der Waals surface area (Å²) < 4.78 is 26.6. The Kier molecular flexibility index (Phi) is 4.29. The lowest BCUT2D eigenvalue weighted by Crippen LogP contribution is -2.29. The van der Waals surface area contributed by atoms with E-state index in [0.29, 0.717) is 5.92 Å². The molecule has 1 aromatic carbocycles. The van der Waals surface area contributed by atoms with Crippen molar-refractivity contribution in [2.24, 2.45) is 5.92 Å². The Morgan fingerprint density at radius 1 is 1.33 bits per heavy atom. The zero-order valence-electron chi connectivity index (χ0n) is 9.60. The van der Waals surface area contributed by atoms with Crippen LogP contribution >= 0.6 is 15.9 Å². The minimum atomic E-state index is -0.668. The predicted molar refractivity (Wildman–Crippen MR) is 68.3 cm³/mol. The van der Waals surface area contributed by atoms with Crippen molar-refractivity contribution in [1.82, 2.24) is 5.32 Å². The van der Waals surface area contributed by atoms with Gasteiger partial charge in [0.1, 0.15) is 11.6 Å². The van der Waals surface area contributed by atoms with E-state index in [9.17, 15) is 13.6 Å². The van der Waals surface area contributed by atoms with Gasteiger partial charge in [0.25, 0.3) is 0 Å². The molecule has 1 aromatic rings. The molecule has 6 heteroatoms. The second kappa shape index (κ2) is 5.75. The van der Waals surface area contributed by atoms with E-state index >= 15 is 0 Å². The summed E-state index contributed by atoms with van der Waals surface area (Å²) in [6.45, 7) is 0.901. The second-order valence-electron chi connectivity index (χ2n) is 4.37. The first kappa shape index (κ1) is 13.4. The molecule has 0 radical (unpaired) electrons. The molecule has 98 valence electrons. The monoisotopic (exact) mass is 318 g/mol. The molecular formula is C12H13BrF2N2O. The van der Waals surface area contributed by atoms with Gasteiger partial charge in [-0.1, -0.05) is 0 Å². The van der Waals surface area contributed by atoms with Crippen LogP contribution in [0.3, 0.4) is 0 Å². The average Bonchev–Trinajstić information content (AvgIpc) is 3.10. The van der Waals surface area contributed by atoms with Gasteiger partial charge in [0.2, 0.25) is 5.91 Å². The fraction of sp³-hybridized carbons (Fsp3) is 0.417. The maximum absolute atomic E-state index is 13.4. The molecule has 1 saturated carbocycles. The lowest BCUT2D eigenvalue weighted by Gasteiger charge is -2.08.